The third-order valence-corrected chi connectivity index (χ3v) is 2.94. The molecule has 0 bridgehead atoms. The van der Waals surface area contributed by atoms with E-state index in [1.165, 1.54) is 31.5 Å². The minimum Gasteiger partial charge on any atom is -0.504 e. The van der Waals surface area contributed by atoms with Crippen molar-refractivity contribution in [1.82, 2.24) is 5.43 Å². The van der Waals surface area contributed by atoms with Crippen LogP contribution in [-0.4, -0.2) is 29.3 Å². The molecule has 0 aliphatic carbocycles. The third kappa shape index (κ3) is 3.82. The van der Waals surface area contributed by atoms with Gasteiger partial charge in [-0.3, -0.25) is 14.9 Å². The summed E-state index contributed by atoms with van der Waals surface area (Å²) in [5.41, 5.74) is 2.50. The molecule has 0 aliphatic heterocycles. The maximum absolute atomic E-state index is 11.9. The van der Waals surface area contributed by atoms with Crippen molar-refractivity contribution in [3.8, 4) is 11.5 Å². The molecule has 23 heavy (non-hydrogen) atoms. The van der Waals surface area contributed by atoms with E-state index in [0.717, 1.165) is 6.07 Å². The van der Waals surface area contributed by atoms with E-state index in [9.17, 15) is 20.0 Å². The molecule has 2 rings (SSSR count). The standard InChI is InChI=1S/C15H13N3O5/c1-23-13-7-3-5-11(14(13)19)9-16-17-15(20)10-4-2-6-12(8-10)18(21)22/h2-9,19H,1H3,(H,17,20)/b16-9-. The molecule has 2 aromatic rings. The van der Waals surface area contributed by atoms with Crippen LogP contribution in [0.15, 0.2) is 47.6 Å². The second-order valence-corrected chi connectivity index (χ2v) is 4.40. The number of nitrogens with zero attached hydrogens (tertiary/aromatic N) is 2. The van der Waals surface area contributed by atoms with Gasteiger partial charge < -0.3 is 9.84 Å². The number of para-hydroxylation sites is 1. The van der Waals surface area contributed by atoms with Crippen molar-refractivity contribution >= 4 is 17.8 Å². The van der Waals surface area contributed by atoms with Gasteiger partial charge in [-0.2, -0.15) is 5.10 Å². The molecular weight excluding hydrogens is 302 g/mol. The van der Waals surface area contributed by atoms with Crippen LogP contribution >= 0.6 is 0 Å². The Bertz CT molecular complexity index is 773. The van der Waals surface area contributed by atoms with Gasteiger partial charge in [0.15, 0.2) is 11.5 Å². The highest BCUT2D eigenvalue weighted by atomic mass is 16.6. The van der Waals surface area contributed by atoms with Gasteiger partial charge in [0.1, 0.15) is 0 Å². The number of phenolic OH excluding ortho intramolecular Hbond substituents is 1. The molecule has 0 spiro atoms. The second-order valence-electron chi connectivity index (χ2n) is 4.40. The van der Waals surface area contributed by atoms with E-state index in [0.29, 0.717) is 5.56 Å². The Hall–Kier alpha value is -3.42. The molecule has 0 fully saturated rings. The number of hydrogen-bond acceptors (Lipinski definition) is 6. The number of phenols is 1. The number of aromatic hydroxyl groups is 1. The Kier molecular flexibility index (Phi) is 4.88. The molecule has 0 radical (unpaired) electrons. The first-order valence-corrected chi connectivity index (χ1v) is 6.46. The molecule has 0 aromatic heterocycles. The van der Waals surface area contributed by atoms with Gasteiger partial charge in [0.25, 0.3) is 11.6 Å². The van der Waals surface area contributed by atoms with E-state index in [2.05, 4.69) is 10.5 Å². The zero-order valence-electron chi connectivity index (χ0n) is 12.1. The van der Waals surface area contributed by atoms with Crippen LogP contribution in [0, 0.1) is 10.1 Å². The molecule has 8 heteroatoms. The van der Waals surface area contributed by atoms with Crippen molar-refractivity contribution in [3.05, 3.63) is 63.7 Å². The zero-order valence-corrected chi connectivity index (χ0v) is 12.1. The van der Waals surface area contributed by atoms with Crippen molar-refractivity contribution in [2.75, 3.05) is 7.11 Å². The number of rotatable bonds is 5. The van der Waals surface area contributed by atoms with Crippen LogP contribution in [0.1, 0.15) is 15.9 Å². The summed E-state index contributed by atoms with van der Waals surface area (Å²) in [6, 6.07) is 10.1. The van der Waals surface area contributed by atoms with Gasteiger partial charge >= 0.3 is 0 Å². The van der Waals surface area contributed by atoms with Crippen LogP contribution in [-0.2, 0) is 0 Å². The first-order chi connectivity index (χ1) is 11.0. The number of carbonyl (C=O) groups is 1. The SMILES string of the molecule is COc1cccc(/C=N\NC(=O)c2cccc([N+](=O)[O-])c2)c1O. The molecule has 2 aromatic carbocycles. The van der Waals surface area contributed by atoms with Gasteiger partial charge in [-0.25, -0.2) is 5.43 Å². The minimum absolute atomic E-state index is 0.103. The lowest BCUT2D eigenvalue weighted by atomic mass is 10.2. The van der Waals surface area contributed by atoms with Crippen molar-refractivity contribution < 1.29 is 19.6 Å². The van der Waals surface area contributed by atoms with E-state index < -0.39 is 10.8 Å². The molecule has 118 valence electrons. The number of ether oxygens (including phenoxy) is 1. The fourth-order valence-corrected chi connectivity index (χ4v) is 1.79. The van der Waals surface area contributed by atoms with Crippen molar-refractivity contribution in [1.29, 1.82) is 0 Å². The van der Waals surface area contributed by atoms with Gasteiger partial charge in [0.05, 0.1) is 18.2 Å². The summed E-state index contributed by atoms with van der Waals surface area (Å²) in [5.74, 6) is -0.436. The number of non-ortho nitro benzene ring substituents is 1. The topological polar surface area (TPSA) is 114 Å². The quantitative estimate of drug-likeness (QED) is 0.498. The molecule has 0 unspecified atom stereocenters. The molecule has 0 saturated carbocycles. The van der Waals surface area contributed by atoms with E-state index >= 15 is 0 Å². The molecule has 0 saturated heterocycles. The lowest BCUT2D eigenvalue weighted by Crippen LogP contribution is -2.17. The van der Waals surface area contributed by atoms with Crippen LogP contribution in [0.4, 0.5) is 5.69 Å². The van der Waals surface area contributed by atoms with Crippen molar-refractivity contribution in [2.24, 2.45) is 5.10 Å². The minimum atomic E-state index is -0.604. The fourth-order valence-electron chi connectivity index (χ4n) is 1.79. The molecule has 0 aliphatic rings. The lowest BCUT2D eigenvalue weighted by Gasteiger charge is -2.05. The largest absolute Gasteiger partial charge is 0.504 e. The van der Waals surface area contributed by atoms with Crippen LogP contribution in [0.5, 0.6) is 11.5 Å². The average molecular weight is 315 g/mol. The van der Waals surface area contributed by atoms with Crippen LogP contribution in [0.3, 0.4) is 0 Å². The monoisotopic (exact) mass is 315 g/mol. The number of methoxy groups -OCH3 is 1. The van der Waals surface area contributed by atoms with E-state index in [1.807, 2.05) is 0 Å². The van der Waals surface area contributed by atoms with Crippen molar-refractivity contribution in [3.63, 3.8) is 0 Å². The third-order valence-electron chi connectivity index (χ3n) is 2.94. The van der Waals surface area contributed by atoms with E-state index in [1.54, 1.807) is 18.2 Å². The first kappa shape index (κ1) is 16.0. The molecule has 2 N–H and O–H groups in total. The average Bonchev–Trinajstić information content (AvgIpc) is 2.56. The molecule has 0 heterocycles. The summed E-state index contributed by atoms with van der Waals surface area (Å²) in [6.07, 6.45) is 1.24. The highest BCUT2D eigenvalue weighted by Crippen LogP contribution is 2.27. The Morgan fingerprint density at radius 1 is 1.35 bits per heavy atom. The summed E-state index contributed by atoms with van der Waals surface area (Å²) in [6.45, 7) is 0. The normalized spacial score (nSPS) is 10.5. The summed E-state index contributed by atoms with van der Waals surface area (Å²) in [4.78, 5) is 22.0. The second kappa shape index (κ2) is 7.03. The predicted octanol–water partition coefficient (Wildman–Crippen LogP) is 2.07. The number of carbonyl (C=O) groups excluding carboxylic acids is 1. The molecule has 0 atom stereocenters. The van der Waals surface area contributed by atoms with Gasteiger partial charge in [-0.15, -0.1) is 0 Å². The number of amides is 1. The van der Waals surface area contributed by atoms with Gasteiger partial charge in [-0.1, -0.05) is 12.1 Å². The summed E-state index contributed by atoms with van der Waals surface area (Å²) >= 11 is 0. The molecular formula is C15H13N3O5. The summed E-state index contributed by atoms with van der Waals surface area (Å²) in [7, 11) is 1.42. The summed E-state index contributed by atoms with van der Waals surface area (Å²) in [5, 5.41) is 24.3. The lowest BCUT2D eigenvalue weighted by molar-refractivity contribution is -0.384. The van der Waals surface area contributed by atoms with E-state index in [4.69, 9.17) is 4.74 Å². The van der Waals surface area contributed by atoms with Crippen LogP contribution in [0.2, 0.25) is 0 Å². The van der Waals surface area contributed by atoms with Crippen LogP contribution < -0.4 is 10.2 Å². The Balaban J connectivity index is 2.10. The smallest absolute Gasteiger partial charge is 0.271 e. The Labute approximate surface area is 131 Å². The van der Waals surface area contributed by atoms with Crippen molar-refractivity contribution in [2.45, 2.75) is 0 Å². The number of hydrogen-bond donors (Lipinski definition) is 2. The van der Waals surface area contributed by atoms with Gasteiger partial charge in [0.2, 0.25) is 0 Å². The van der Waals surface area contributed by atoms with Gasteiger partial charge in [-0.05, 0) is 18.2 Å². The number of benzene rings is 2. The summed E-state index contributed by atoms with van der Waals surface area (Å²) < 4.78 is 4.96. The maximum Gasteiger partial charge on any atom is 0.271 e. The number of nitrogens with one attached hydrogen (secondary N) is 1. The zero-order chi connectivity index (χ0) is 16.8. The van der Waals surface area contributed by atoms with Crippen LogP contribution in [0.25, 0.3) is 0 Å². The highest BCUT2D eigenvalue weighted by Gasteiger charge is 2.11. The Morgan fingerprint density at radius 3 is 2.78 bits per heavy atom. The molecule has 8 nitrogen and oxygen atoms in total. The fraction of sp³-hybridized carbons (Fsp3) is 0.0667. The number of hydrazone groups is 1. The number of nitro benzene ring substituents is 1. The van der Waals surface area contributed by atoms with E-state index in [-0.39, 0.29) is 22.7 Å². The first-order valence-electron chi connectivity index (χ1n) is 6.46. The maximum atomic E-state index is 11.9. The van der Waals surface area contributed by atoms with Gasteiger partial charge in [0, 0.05) is 23.3 Å². The predicted molar refractivity (Wildman–Crippen MR) is 82.8 cm³/mol. The molecule has 1 amide bonds. The highest BCUT2D eigenvalue weighted by molar-refractivity contribution is 5.95. The number of nitro groups is 1. The Morgan fingerprint density at radius 2 is 2.09 bits per heavy atom.